The van der Waals surface area contributed by atoms with Crippen molar-refractivity contribution in [3.05, 3.63) is 66.3 Å². The number of imidazole rings is 1. The van der Waals surface area contributed by atoms with Crippen LogP contribution >= 0.6 is 11.6 Å². The quantitative estimate of drug-likeness (QED) is 0.701. The number of rotatable bonds is 2. The van der Waals surface area contributed by atoms with Crippen LogP contribution in [0.15, 0.2) is 61.3 Å². The number of benzene rings is 1. The molecule has 18 heavy (non-hydrogen) atoms. The highest BCUT2D eigenvalue weighted by atomic mass is 35.5. The number of nitrogens with zero attached hydrogens (tertiary/aromatic N) is 3. The molecule has 0 amide bonds. The molecular weight excluding hydrogens is 246 g/mol. The molecule has 0 spiro atoms. The number of halogens is 1. The molecule has 3 aromatic rings. The normalized spacial score (nSPS) is 10.5. The van der Waals surface area contributed by atoms with Gasteiger partial charge in [0.1, 0.15) is 0 Å². The van der Waals surface area contributed by atoms with E-state index in [-0.39, 0.29) is 0 Å². The maximum atomic E-state index is 5.90. The molecule has 3 rings (SSSR count). The van der Waals surface area contributed by atoms with Crippen LogP contribution in [0.2, 0.25) is 5.02 Å². The average Bonchev–Trinajstić information content (AvgIpc) is 2.90. The molecule has 0 saturated carbocycles. The Kier molecular flexibility index (Phi) is 2.82. The monoisotopic (exact) mass is 255 g/mol. The van der Waals surface area contributed by atoms with Crippen molar-refractivity contribution in [2.75, 3.05) is 0 Å². The minimum atomic E-state index is 0.726. The van der Waals surface area contributed by atoms with E-state index in [4.69, 9.17) is 11.6 Å². The smallest absolute Gasteiger partial charge is 0.0997 e. The van der Waals surface area contributed by atoms with Crippen LogP contribution in [0.1, 0.15) is 0 Å². The molecule has 0 bridgehead atoms. The summed E-state index contributed by atoms with van der Waals surface area (Å²) in [5.74, 6) is 0. The van der Waals surface area contributed by atoms with Crippen molar-refractivity contribution in [1.82, 2.24) is 14.5 Å². The van der Waals surface area contributed by atoms with Gasteiger partial charge in [-0.1, -0.05) is 11.6 Å². The summed E-state index contributed by atoms with van der Waals surface area (Å²) in [5.41, 5.74) is 3.14. The maximum Gasteiger partial charge on any atom is 0.0997 e. The number of hydrogen-bond donors (Lipinski definition) is 0. The van der Waals surface area contributed by atoms with Crippen molar-refractivity contribution < 1.29 is 0 Å². The molecule has 0 fully saturated rings. The predicted octanol–water partition coefficient (Wildman–Crippen LogP) is 3.59. The second kappa shape index (κ2) is 4.63. The van der Waals surface area contributed by atoms with Gasteiger partial charge in [0.2, 0.25) is 0 Å². The molecule has 0 saturated heterocycles. The molecule has 3 nitrogen and oxygen atoms in total. The van der Waals surface area contributed by atoms with Gasteiger partial charge < -0.3 is 0 Å². The van der Waals surface area contributed by atoms with Gasteiger partial charge in [0.15, 0.2) is 0 Å². The van der Waals surface area contributed by atoms with Crippen LogP contribution in [-0.4, -0.2) is 14.5 Å². The van der Waals surface area contributed by atoms with Gasteiger partial charge in [-0.3, -0.25) is 9.55 Å². The van der Waals surface area contributed by atoms with E-state index in [0.717, 1.165) is 22.0 Å². The molecule has 0 unspecified atom stereocenters. The molecule has 0 atom stereocenters. The Morgan fingerprint density at radius 1 is 0.889 bits per heavy atom. The van der Waals surface area contributed by atoms with Gasteiger partial charge in [0, 0.05) is 28.7 Å². The third kappa shape index (κ3) is 2.00. The van der Waals surface area contributed by atoms with E-state index in [0.29, 0.717) is 0 Å². The summed E-state index contributed by atoms with van der Waals surface area (Å²) >= 11 is 5.90. The Labute approximate surface area is 110 Å². The molecule has 0 aliphatic rings. The minimum Gasteiger partial charge on any atom is -0.299 e. The summed E-state index contributed by atoms with van der Waals surface area (Å²) in [6, 6.07) is 11.6. The third-order valence-electron chi connectivity index (χ3n) is 2.72. The standard InChI is InChI=1S/C14H10ClN3/c15-12-1-3-13(4-2-12)18-10-17-9-14(18)11-5-7-16-8-6-11/h1-10H. The van der Waals surface area contributed by atoms with Crippen LogP contribution < -0.4 is 0 Å². The van der Waals surface area contributed by atoms with E-state index in [1.54, 1.807) is 18.7 Å². The fourth-order valence-electron chi connectivity index (χ4n) is 1.84. The average molecular weight is 256 g/mol. The SMILES string of the molecule is Clc1ccc(-n2cncc2-c2ccncc2)cc1. The Bertz CT molecular complexity index is 644. The van der Waals surface area contributed by atoms with Crippen LogP contribution in [0.5, 0.6) is 0 Å². The lowest BCUT2D eigenvalue weighted by Gasteiger charge is -2.08. The molecule has 0 radical (unpaired) electrons. The van der Waals surface area contributed by atoms with Crippen molar-refractivity contribution >= 4 is 11.6 Å². The molecule has 2 heterocycles. The first-order valence-corrected chi connectivity index (χ1v) is 5.91. The largest absolute Gasteiger partial charge is 0.299 e. The molecule has 0 aliphatic carbocycles. The van der Waals surface area contributed by atoms with Crippen LogP contribution in [0, 0.1) is 0 Å². The highest BCUT2D eigenvalue weighted by Crippen LogP contribution is 2.22. The molecular formula is C14H10ClN3. The molecule has 88 valence electrons. The van der Waals surface area contributed by atoms with E-state index in [1.807, 2.05) is 47.2 Å². The fourth-order valence-corrected chi connectivity index (χ4v) is 1.96. The summed E-state index contributed by atoms with van der Waals surface area (Å²) in [5, 5.41) is 0.726. The van der Waals surface area contributed by atoms with E-state index in [2.05, 4.69) is 9.97 Å². The first-order chi connectivity index (χ1) is 8.84. The van der Waals surface area contributed by atoms with Gasteiger partial charge in [0.25, 0.3) is 0 Å². The van der Waals surface area contributed by atoms with Gasteiger partial charge in [-0.2, -0.15) is 0 Å². The zero-order valence-corrected chi connectivity index (χ0v) is 10.2. The van der Waals surface area contributed by atoms with Crippen molar-refractivity contribution in [1.29, 1.82) is 0 Å². The number of aromatic nitrogens is 3. The zero-order chi connectivity index (χ0) is 12.4. The first kappa shape index (κ1) is 11.0. The third-order valence-corrected chi connectivity index (χ3v) is 2.97. The topological polar surface area (TPSA) is 30.7 Å². The van der Waals surface area contributed by atoms with E-state index in [9.17, 15) is 0 Å². The molecule has 0 N–H and O–H groups in total. The molecule has 1 aromatic carbocycles. The summed E-state index contributed by atoms with van der Waals surface area (Å²) in [6.45, 7) is 0. The lowest BCUT2D eigenvalue weighted by atomic mass is 10.2. The van der Waals surface area contributed by atoms with E-state index < -0.39 is 0 Å². The summed E-state index contributed by atoms with van der Waals surface area (Å²) < 4.78 is 2.02. The summed E-state index contributed by atoms with van der Waals surface area (Å²) in [4.78, 5) is 8.23. The summed E-state index contributed by atoms with van der Waals surface area (Å²) in [7, 11) is 0. The van der Waals surface area contributed by atoms with Crippen molar-refractivity contribution in [3.63, 3.8) is 0 Å². The van der Waals surface area contributed by atoms with Gasteiger partial charge >= 0.3 is 0 Å². The molecule has 2 aromatic heterocycles. The Balaban J connectivity index is 2.10. The summed E-state index contributed by atoms with van der Waals surface area (Å²) in [6.07, 6.45) is 7.17. The van der Waals surface area contributed by atoms with Crippen LogP contribution in [0.3, 0.4) is 0 Å². The van der Waals surface area contributed by atoms with Gasteiger partial charge in [-0.05, 0) is 36.4 Å². The highest BCUT2D eigenvalue weighted by molar-refractivity contribution is 6.30. The number of pyridine rings is 1. The first-order valence-electron chi connectivity index (χ1n) is 5.53. The van der Waals surface area contributed by atoms with Gasteiger partial charge in [-0.15, -0.1) is 0 Å². The minimum absolute atomic E-state index is 0.726. The second-order valence-electron chi connectivity index (χ2n) is 3.86. The van der Waals surface area contributed by atoms with Crippen LogP contribution in [-0.2, 0) is 0 Å². The van der Waals surface area contributed by atoms with Crippen molar-refractivity contribution in [2.24, 2.45) is 0 Å². The van der Waals surface area contributed by atoms with Gasteiger partial charge in [-0.25, -0.2) is 4.98 Å². The fraction of sp³-hybridized carbons (Fsp3) is 0. The lowest BCUT2D eigenvalue weighted by molar-refractivity contribution is 1.06. The van der Waals surface area contributed by atoms with Crippen LogP contribution in [0.25, 0.3) is 16.9 Å². The van der Waals surface area contributed by atoms with Crippen LogP contribution in [0.4, 0.5) is 0 Å². The van der Waals surface area contributed by atoms with E-state index >= 15 is 0 Å². The Morgan fingerprint density at radius 3 is 2.33 bits per heavy atom. The lowest BCUT2D eigenvalue weighted by Crippen LogP contribution is -1.94. The molecule has 4 heteroatoms. The van der Waals surface area contributed by atoms with Gasteiger partial charge in [0.05, 0.1) is 18.2 Å². The predicted molar refractivity (Wildman–Crippen MR) is 71.8 cm³/mol. The number of hydrogen-bond acceptors (Lipinski definition) is 2. The Morgan fingerprint density at radius 2 is 1.61 bits per heavy atom. The molecule has 0 aliphatic heterocycles. The van der Waals surface area contributed by atoms with Crippen molar-refractivity contribution in [3.8, 4) is 16.9 Å². The second-order valence-corrected chi connectivity index (χ2v) is 4.30. The maximum absolute atomic E-state index is 5.90. The highest BCUT2D eigenvalue weighted by Gasteiger charge is 2.06. The van der Waals surface area contributed by atoms with E-state index in [1.165, 1.54) is 0 Å². The Hall–Kier alpha value is -2.13. The van der Waals surface area contributed by atoms with Crippen molar-refractivity contribution in [2.45, 2.75) is 0 Å². The zero-order valence-electron chi connectivity index (χ0n) is 9.49.